The van der Waals surface area contributed by atoms with Crippen LogP contribution in [0.5, 0.6) is 11.5 Å². The van der Waals surface area contributed by atoms with Gasteiger partial charge in [0.2, 0.25) is 0 Å². The zero-order chi connectivity index (χ0) is 36.6. The smallest absolute Gasteiger partial charge is 0.121 e. The van der Waals surface area contributed by atoms with Gasteiger partial charge in [-0.05, 0) is 173 Å². The number of aliphatic hydroxyl groups excluding tert-OH is 2. The summed E-state index contributed by atoms with van der Waals surface area (Å²) in [6.07, 6.45) is 24.4. The zero-order valence-electron chi connectivity index (χ0n) is 33.8. The molecular weight excluding hydrogens is 739 g/mol. The van der Waals surface area contributed by atoms with E-state index in [0.29, 0.717) is 47.9 Å². The summed E-state index contributed by atoms with van der Waals surface area (Å²) in [5.41, 5.74) is 7.28. The molecule has 6 aliphatic carbocycles. The summed E-state index contributed by atoms with van der Waals surface area (Å²) < 4.78 is 0. The summed E-state index contributed by atoms with van der Waals surface area (Å²) in [4.78, 5) is 5.69. The summed E-state index contributed by atoms with van der Waals surface area (Å²) in [6, 6.07) is 9.70. The van der Waals surface area contributed by atoms with E-state index in [1.807, 2.05) is 0 Å². The summed E-state index contributed by atoms with van der Waals surface area (Å²) >= 11 is 0. The maximum absolute atomic E-state index is 11.5. The van der Waals surface area contributed by atoms with E-state index < -0.39 is 12.2 Å². The van der Waals surface area contributed by atoms with E-state index in [2.05, 4.69) is 34.1 Å². The Balaban J connectivity index is 0.00000220. The van der Waals surface area contributed by atoms with Gasteiger partial charge >= 0.3 is 0 Å². The highest BCUT2D eigenvalue weighted by molar-refractivity contribution is 5.85. The van der Waals surface area contributed by atoms with Crippen LogP contribution in [0.15, 0.2) is 24.3 Å². The number of hydrogen-bond donors (Lipinski definition) is 4. The fourth-order valence-corrected chi connectivity index (χ4v) is 14.3. The Morgan fingerprint density at radius 2 is 0.982 bits per heavy atom. The molecule has 4 saturated carbocycles. The van der Waals surface area contributed by atoms with Gasteiger partial charge in [0.05, 0.1) is 12.2 Å². The van der Waals surface area contributed by atoms with Crippen molar-refractivity contribution in [3.63, 3.8) is 0 Å². The Kier molecular flexibility index (Phi) is 12.1. The van der Waals surface area contributed by atoms with Crippen LogP contribution in [0.2, 0.25) is 0 Å². The molecule has 310 valence electrons. The minimum absolute atomic E-state index is 0. The van der Waals surface area contributed by atoms with Gasteiger partial charge in [0.25, 0.3) is 0 Å². The average Bonchev–Trinajstić information content (AvgIpc) is 3.14. The van der Waals surface area contributed by atoms with E-state index in [4.69, 9.17) is 0 Å². The first-order valence-electron chi connectivity index (χ1n) is 22.9. The van der Waals surface area contributed by atoms with Crippen molar-refractivity contribution in [1.82, 2.24) is 9.80 Å². The molecule has 2 aromatic carbocycles. The number of aromatic hydroxyl groups is 2. The van der Waals surface area contributed by atoms with Crippen molar-refractivity contribution in [2.75, 3.05) is 26.2 Å². The Hall–Kier alpha value is -1.54. The number of hydrogen-bond acceptors (Lipinski definition) is 6. The topological polar surface area (TPSA) is 87.4 Å². The number of fused-ring (bicyclic) bond motifs is 2. The molecule has 6 nitrogen and oxygen atoms in total. The summed E-state index contributed by atoms with van der Waals surface area (Å²) in [7, 11) is 0. The van der Waals surface area contributed by atoms with Crippen LogP contribution < -0.4 is 0 Å². The summed E-state index contributed by atoms with van der Waals surface area (Å²) in [6.45, 7) is 4.90. The van der Waals surface area contributed by atoms with Gasteiger partial charge in [-0.2, -0.15) is 0 Å². The van der Waals surface area contributed by atoms with Crippen LogP contribution in [0.3, 0.4) is 0 Å². The standard InChI is InChI=1S/C48H68N2O4.2ClH/c51-43(35-23-33-25-41-37-13-3-5-17-47(37,39(33)27-45(35)53)19-21-49(41)29-31-9-7-10-31)15-1-2-16-44(52)36-24-34-26-42-38-14-4-6-18-48(38,40(34)28-46(36)54)20-22-50(42)30-32-11-8-12-32;;/h23-24,27-28,31-32,37-38,41-44,51-54H,1-22,25-26,29-30H2;2*1H/t37-,38-,41+,42+,43?,44?,47+,48+;;/m0../s1. The number of aliphatic hydroxyl groups is 2. The normalized spacial score (nSPS) is 33.5. The number of halogens is 2. The fourth-order valence-electron chi connectivity index (χ4n) is 14.3. The maximum Gasteiger partial charge on any atom is 0.121 e. The molecule has 10 rings (SSSR count). The lowest BCUT2D eigenvalue weighted by Crippen LogP contribution is -2.61. The summed E-state index contributed by atoms with van der Waals surface area (Å²) in [5.74, 6) is 3.68. The Bertz CT molecular complexity index is 1590. The molecule has 4 N–H and O–H groups in total. The highest BCUT2D eigenvalue weighted by Gasteiger charge is 2.56. The number of phenolic OH excluding ortho intramolecular Hbond substituents is 2. The van der Waals surface area contributed by atoms with E-state index in [0.717, 1.165) is 37.5 Å². The van der Waals surface area contributed by atoms with Crippen molar-refractivity contribution in [2.45, 2.75) is 176 Å². The predicted molar refractivity (Wildman–Crippen MR) is 228 cm³/mol. The SMILES string of the molecule is Cl.Cl.Oc1cc2c(cc1C(O)CCCCC(O)c1cc3c(cc1O)[C@@]14CCCC[C@H]1[C@@H](C3)N(CC1CCC1)CC4)C[C@@H]1[C@@H]3CCCC[C@]23CCN1CC1CCC1. The van der Waals surface area contributed by atoms with E-state index in [1.165, 1.54) is 151 Å². The molecule has 2 aliphatic heterocycles. The number of rotatable bonds is 11. The third kappa shape index (κ3) is 6.94. The lowest BCUT2D eigenvalue weighted by molar-refractivity contribution is -0.0241. The molecule has 0 radical (unpaired) electrons. The van der Waals surface area contributed by atoms with Crippen LogP contribution in [-0.2, 0) is 23.7 Å². The van der Waals surface area contributed by atoms with Crippen LogP contribution >= 0.6 is 24.8 Å². The highest BCUT2D eigenvalue weighted by atomic mass is 35.5. The third-order valence-electron chi connectivity index (χ3n) is 17.5. The molecule has 4 bridgehead atoms. The molecule has 6 fully saturated rings. The van der Waals surface area contributed by atoms with Gasteiger partial charge in [0.15, 0.2) is 0 Å². The van der Waals surface area contributed by atoms with Crippen molar-refractivity contribution < 1.29 is 20.4 Å². The Morgan fingerprint density at radius 3 is 1.38 bits per heavy atom. The fraction of sp³-hybridized carbons (Fsp3) is 0.750. The van der Waals surface area contributed by atoms with E-state index in [9.17, 15) is 20.4 Å². The monoisotopic (exact) mass is 808 g/mol. The number of likely N-dealkylation sites (tertiary alicyclic amines) is 2. The first-order chi connectivity index (χ1) is 26.3. The van der Waals surface area contributed by atoms with E-state index >= 15 is 0 Å². The molecule has 8 aliphatic rings. The van der Waals surface area contributed by atoms with Crippen LogP contribution in [0.4, 0.5) is 0 Å². The van der Waals surface area contributed by atoms with Gasteiger partial charge in [-0.25, -0.2) is 0 Å². The van der Waals surface area contributed by atoms with Crippen molar-refractivity contribution in [3.05, 3.63) is 57.6 Å². The highest BCUT2D eigenvalue weighted by Crippen LogP contribution is 2.59. The van der Waals surface area contributed by atoms with Gasteiger partial charge in [-0.1, -0.05) is 51.4 Å². The Morgan fingerprint density at radius 1 is 0.554 bits per heavy atom. The van der Waals surface area contributed by atoms with Gasteiger partial charge in [0, 0.05) is 47.1 Å². The second-order valence-corrected chi connectivity index (χ2v) is 20.1. The Labute approximate surface area is 349 Å². The second kappa shape index (κ2) is 16.5. The van der Waals surface area contributed by atoms with Crippen molar-refractivity contribution in [1.29, 1.82) is 0 Å². The molecule has 2 unspecified atom stereocenters. The molecule has 0 spiro atoms. The molecule has 0 amide bonds. The first kappa shape index (κ1) is 41.2. The van der Waals surface area contributed by atoms with Crippen molar-refractivity contribution in [3.8, 4) is 11.5 Å². The quantitative estimate of drug-likeness (QED) is 0.169. The first-order valence-corrected chi connectivity index (χ1v) is 22.9. The average molecular weight is 810 g/mol. The van der Waals surface area contributed by atoms with Crippen LogP contribution in [0, 0.1) is 23.7 Å². The van der Waals surface area contributed by atoms with Crippen LogP contribution in [-0.4, -0.2) is 68.5 Å². The predicted octanol–water partition coefficient (Wildman–Crippen LogP) is 9.99. The molecular formula is C48H70Cl2N2O4. The molecule has 56 heavy (non-hydrogen) atoms. The number of nitrogens with zero attached hydrogens (tertiary/aromatic N) is 2. The lowest BCUT2D eigenvalue weighted by atomic mass is 9.52. The molecule has 8 heteroatoms. The molecule has 0 aromatic heterocycles. The lowest BCUT2D eigenvalue weighted by Gasteiger charge is -2.59. The second-order valence-electron chi connectivity index (χ2n) is 20.1. The maximum atomic E-state index is 11.5. The van der Waals surface area contributed by atoms with Crippen molar-refractivity contribution in [2.24, 2.45) is 23.7 Å². The minimum atomic E-state index is -0.720. The number of phenols is 2. The van der Waals surface area contributed by atoms with E-state index in [1.54, 1.807) is 0 Å². The van der Waals surface area contributed by atoms with Gasteiger partial charge in [0.1, 0.15) is 11.5 Å². The molecule has 2 heterocycles. The number of piperidine rings is 2. The van der Waals surface area contributed by atoms with Gasteiger partial charge < -0.3 is 20.4 Å². The molecule has 8 atom stereocenters. The largest absolute Gasteiger partial charge is 0.508 e. The van der Waals surface area contributed by atoms with Crippen LogP contribution in [0.25, 0.3) is 0 Å². The van der Waals surface area contributed by atoms with E-state index in [-0.39, 0.29) is 47.1 Å². The number of benzene rings is 2. The van der Waals surface area contributed by atoms with Gasteiger partial charge in [-0.3, -0.25) is 9.80 Å². The number of unbranched alkanes of at least 4 members (excludes halogenated alkanes) is 1. The third-order valence-corrected chi connectivity index (χ3v) is 17.5. The van der Waals surface area contributed by atoms with Crippen LogP contribution in [0.1, 0.15) is 174 Å². The molecule has 2 aromatic rings. The summed E-state index contributed by atoms with van der Waals surface area (Å²) in [5, 5.41) is 45.8. The molecule has 2 saturated heterocycles. The van der Waals surface area contributed by atoms with Gasteiger partial charge in [-0.15, -0.1) is 24.8 Å². The zero-order valence-corrected chi connectivity index (χ0v) is 35.4. The van der Waals surface area contributed by atoms with Crippen molar-refractivity contribution >= 4 is 24.8 Å². The minimum Gasteiger partial charge on any atom is -0.508 e.